The quantitative estimate of drug-likeness (QED) is 0.515. The third kappa shape index (κ3) is 3.90. The molecule has 0 unspecified atom stereocenters. The van der Waals surface area contributed by atoms with E-state index in [1.807, 2.05) is 35.7 Å². The first-order valence-corrected chi connectivity index (χ1v) is 10.2. The third-order valence-electron chi connectivity index (χ3n) is 4.78. The number of nitrogens with one attached hydrogen (secondary N) is 1. The Hall–Kier alpha value is -3.65. The first kappa shape index (κ1) is 19.7. The van der Waals surface area contributed by atoms with E-state index in [4.69, 9.17) is 4.74 Å². The first-order chi connectivity index (χ1) is 14.5. The van der Waals surface area contributed by atoms with Gasteiger partial charge in [0.15, 0.2) is 0 Å². The van der Waals surface area contributed by atoms with E-state index in [9.17, 15) is 9.59 Å². The smallest absolute Gasteiger partial charge is 0.295 e. The van der Waals surface area contributed by atoms with Gasteiger partial charge >= 0.3 is 0 Å². The van der Waals surface area contributed by atoms with Crippen LogP contribution in [0, 0.1) is 6.92 Å². The minimum atomic E-state index is -0.355. The van der Waals surface area contributed by atoms with Gasteiger partial charge in [-0.2, -0.15) is 0 Å². The lowest BCUT2D eigenvalue weighted by atomic mass is 10.2. The zero-order valence-corrected chi connectivity index (χ0v) is 17.3. The van der Waals surface area contributed by atoms with Crippen LogP contribution < -0.4 is 15.6 Å². The van der Waals surface area contributed by atoms with E-state index in [2.05, 4.69) is 10.3 Å². The molecule has 4 rings (SSSR count). The molecule has 0 aliphatic rings. The van der Waals surface area contributed by atoms with Gasteiger partial charge in [-0.25, -0.2) is 9.67 Å². The predicted octanol–water partition coefficient (Wildman–Crippen LogP) is 3.77. The molecule has 7 nitrogen and oxygen atoms in total. The normalized spacial score (nSPS) is 10.7. The van der Waals surface area contributed by atoms with Crippen molar-refractivity contribution in [3.8, 4) is 11.4 Å². The van der Waals surface area contributed by atoms with Crippen molar-refractivity contribution in [3.05, 3.63) is 92.8 Å². The summed E-state index contributed by atoms with van der Waals surface area (Å²) in [6, 6.07) is 16.1. The summed E-state index contributed by atoms with van der Waals surface area (Å²) in [5.41, 5.74) is 4.42. The van der Waals surface area contributed by atoms with Crippen LogP contribution in [-0.4, -0.2) is 20.3 Å². The summed E-state index contributed by atoms with van der Waals surface area (Å²) in [7, 11) is 1.79. The fraction of sp³-hybridized carbons (Fsp3) is 0.136. The first-order valence-electron chi connectivity index (χ1n) is 9.30. The Balaban J connectivity index is 1.51. The number of benzene rings is 2. The van der Waals surface area contributed by atoms with E-state index in [0.717, 1.165) is 11.4 Å². The van der Waals surface area contributed by atoms with Crippen LogP contribution in [-0.2, 0) is 13.7 Å². The molecule has 30 heavy (non-hydrogen) atoms. The number of para-hydroxylation sites is 1. The van der Waals surface area contributed by atoms with Crippen LogP contribution in [0.15, 0.2) is 70.3 Å². The van der Waals surface area contributed by atoms with Crippen LogP contribution >= 0.6 is 11.3 Å². The molecule has 2 heterocycles. The molecule has 0 aliphatic heterocycles. The molecule has 0 saturated heterocycles. The van der Waals surface area contributed by atoms with Gasteiger partial charge in [0, 0.05) is 18.0 Å². The number of ether oxygens (including phenoxy) is 1. The Morgan fingerprint density at radius 3 is 2.53 bits per heavy atom. The van der Waals surface area contributed by atoms with Crippen molar-refractivity contribution in [2.75, 3.05) is 5.32 Å². The van der Waals surface area contributed by atoms with Crippen LogP contribution in [0.4, 0.5) is 5.69 Å². The van der Waals surface area contributed by atoms with Gasteiger partial charge in [0.25, 0.3) is 11.5 Å². The molecular weight excluding hydrogens is 400 g/mol. The number of carbonyl (C=O) groups excluding carboxylic acids is 1. The van der Waals surface area contributed by atoms with Gasteiger partial charge in [-0.3, -0.25) is 14.3 Å². The molecule has 4 aromatic rings. The molecule has 152 valence electrons. The van der Waals surface area contributed by atoms with Gasteiger partial charge in [-0.05, 0) is 43.3 Å². The number of aromatic nitrogens is 3. The maximum absolute atomic E-state index is 12.9. The maximum Gasteiger partial charge on any atom is 0.295 e. The van der Waals surface area contributed by atoms with Crippen molar-refractivity contribution in [2.45, 2.75) is 13.5 Å². The molecule has 8 heteroatoms. The highest BCUT2D eigenvalue weighted by atomic mass is 32.1. The molecule has 0 atom stereocenters. The van der Waals surface area contributed by atoms with Gasteiger partial charge in [-0.1, -0.05) is 18.2 Å². The summed E-state index contributed by atoms with van der Waals surface area (Å²) < 4.78 is 8.92. The summed E-state index contributed by atoms with van der Waals surface area (Å²) in [5.74, 6) is 0.286. The summed E-state index contributed by atoms with van der Waals surface area (Å²) in [4.78, 5) is 29.8. The van der Waals surface area contributed by atoms with Gasteiger partial charge < -0.3 is 10.1 Å². The van der Waals surface area contributed by atoms with Gasteiger partial charge in [-0.15, -0.1) is 11.3 Å². The van der Waals surface area contributed by atoms with E-state index in [-0.39, 0.29) is 17.2 Å². The fourth-order valence-electron chi connectivity index (χ4n) is 3.07. The van der Waals surface area contributed by atoms with E-state index in [1.54, 1.807) is 48.4 Å². The molecule has 0 fully saturated rings. The minimum absolute atomic E-state index is 0.259. The monoisotopic (exact) mass is 420 g/mol. The van der Waals surface area contributed by atoms with Gasteiger partial charge in [0.1, 0.15) is 18.0 Å². The summed E-state index contributed by atoms with van der Waals surface area (Å²) in [6.45, 7) is 2.17. The fourth-order valence-corrected chi connectivity index (χ4v) is 3.61. The minimum Gasteiger partial charge on any atom is -0.487 e. The number of anilines is 1. The lowest BCUT2D eigenvalue weighted by Gasteiger charge is -2.07. The van der Waals surface area contributed by atoms with E-state index < -0.39 is 0 Å². The third-order valence-corrected chi connectivity index (χ3v) is 5.41. The molecule has 0 saturated carbocycles. The molecule has 0 aliphatic carbocycles. The number of thiazole rings is 1. The Kier molecular flexibility index (Phi) is 5.49. The van der Waals surface area contributed by atoms with Crippen molar-refractivity contribution in [3.63, 3.8) is 0 Å². The molecule has 2 aromatic heterocycles. The molecular formula is C22H20N4O3S. The van der Waals surface area contributed by atoms with Gasteiger partial charge in [0.2, 0.25) is 0 Å². The zero-order valence-electron chi connectivity index (χ0n) is 16.5. The second kappa shape index (κ2) is 8.38. The van der Waals surface area contributed by atoms with E-state index >= 15 is 0 Å². The predicted molar refractivity (Wildman–Crippen MR) is 117 cm³/mol. The largest absolute Gasteiger partial charge is 0.487 e. The number of amides is 1. The Bertz CT molecular complexity index is 1210. The van der Waals surface area contributed by atoms with Crippen LogP contribution in [0.25, 0.3) is 5.69 Å². The highest BCUT2D eigenvalue weighted by Crippen LogP contribution is 2.17. The molecule has 0 radical (unpaired) electrons. The molecule has 0 bridgehead atoms. The number of nitrogens with zero attached hydrogens (tertiary/aromatic N) is 3. The number of carbonyl (C=O) groups is 1. The number of hydrogen-bond acceptors (Lipinski definition) is 5. The Morgan fingerprint density at radius 2 is 1.87 bits per heavy atom. The average Bonchev–Trinajstić information content (AvgIpc) is 3.36. The van der Waals surface area contributed by atoms with Crippen molar-refractivity contribution in [2.24, 2.45) is 7.05 Å². The molecule has 1 amide bonds. The Labute approximate surface area is 177 Å². The standard InChI is InChI=1S/C22H20N4O3S/c1-15-20(22(28)26(25(15)2)18-6-4-3-5-7-18)24-21(27)16-8-10-19(11-9-16)29-12-17-13-30-14-23-17/h3-11,13-14H,12H2,1-2H3,(H,24,27). The summed E-state index contributed by atoms with van der Waals surface area (Å²) in [5, 5.41) is 4.68. The summed E-state index contributed by atoms with van der Waals surface area (Å²) >= 11 is 1.51. The van der Waals surface area contributed by atoms with Crippen LogP contribution in [0.3, 0.4) is 0 Å². The molecule has 0 spiro atoms. The molecule has 1 N–H and O–H groups in total. The number of hydrogen-bond donors (Lipinski definition) is 1. The lowest BCUT2D eigenvalue weighted by molar-refractivity contribution is 0.102. The maximum atomic E-state index is 12.9. The van der Waals surface area contributed by atoms with Crippen molar-refractivity contribution in [1.29, 1.82) is 0 Å². The molecule has 2 aromatic carbocycles. The zero-order chi connectivity index (χ0) is 21.1. The second-order valence-electron chi connectivity index (χ2n) is 6.68. The number of rotatable bonds is 6. The van der Waals surface area contributed by atoms with Crippen molar-refractivity contribution >= 4 is 22.9 Å². The van der Waals surface area contributed by atoms with Crippen molar-refractivity contribution in [1.82, 2.24) is 14.3 Å². The van der Waals surface area contributed by atoms with Crippen LogP contribution in [0.2, 0.25) is 0 Å². The SMILES string of the molecule is Cc1c(NC(=O)c2ccc(OCc3cscn3)cc2)c(=O)n(-c2ccccc2)n1C. The van der Waals surface area contributed by atoms with Crippen molar-refractivity contribution < 1.29 is 9.53 Å². The van der Waals surface area contributed by atoms with E-state index in [0.29, 0.717) is 23.6 Å². The second-order valence-corrected chi connectivity index (χ2v) is 7.40. The average molecular weight is 420 g/mol. The van der Waals surface area contributed by atoms with Gasteiger partial charge in [0.05, 0.1) is 22.6 Å². The van der Waals surface area contributed by atoms with Crippen LogP contribution in [0.5, 0.6) is 5.75 Å². The topological polar surface area (TPSA) is 78.2 Å². The Morgan fingerprint density at radius 1 is 1.13 bits per heavy atom. The highest BCUT2D eigenvalue weighted by molar-refractivity contribution is 7.07. The highest BCUT2D eigenvalue weighted by Gasteiger charge is 2.18. The lowest BCUT2D eigenvalue weighted by Crippen LogP contribution is -2.22. The van der Waals surface area contributed by atoms with Crippen LogP contribution in [0.1, 0.15) is 21.7 Å². The van der Waals surface area contributed by atoms with E-state index in [1.165, 1.54) is 16.0 Å². The summed E-state index contributed by atoms with van der Waals surface area (Å²) in [6.07, 6.45) is 0.